The maximum atomic E-state index is 14.7. The first kappa shape index (κ1) is 82.2. The number of nitrogens with one attached hydrogen (secondary N) is 15. The molecule has 4 fully saturated rings. The Bertz CT molecular complexity index is 3060. The van der Waals surface area contributed by atoms with Crippen molar-refractivity contribution >= 4 is 138 Å². The van der Waals surface area contributed by atoms with E-state index >= 15 is 0 Å². The third kappa shape index (κ3) is 27.3. The molecule has 40 heteroatoms. The fraction of sp³-hybridized carbons (Fsp3) is 0.621. The summed E-state index contributed by atoms with van der Waals surface area (Å²) in [5, 5.41) is 88.1. The fourth-order valence-corrected chi connectivity index (χ4v) is 14.0. The fourth-order valence-electron chi connectivity index (χ4n) is 9.32. The van der Waals surface area contributed by atoms with Gasteiger partial charge in [-0.3, -0.25) is 71.9 Å². The Morgan fingerprint density at radius 1 is 0.592 bits per heavy atom. The third-order valence-corrected chi connectivity index (χ3v) is 20.2. The second-order valence-electron chi connectivity index (χ2n) is 23.4. The SMILES string of the molecule is CC[C@H](C)C1NC(=O)[C@H](CCC(=O)O)NC(=O)[C@@H](NC(=O)[C@@H](NC(=O)CNC(=O)[C@@H]2CCCN2)[C@@H](C)O)CSSC[C@@H]2NC(=O)[C@H](C)NC(=O)[C@H](C)NC(=O)[C@H](Cc3ccc(O)cc3)NC(=O)[C@H](C)NC(=O)[C@H](CSSC[C@@H](C(=O)O)NC(=O)CNC(=O)[C@H](C(C)O)NC2=O)NC1=O. The van der Waals surface area contributed by atoms with Gasteiger partial charge in [0.05, 0.1) is 31.3 Å². The van der Waals surface area contributed by atoms with Crippen LogP contribution in [-0.2, 0) is 83.1 Å². The number of carboxylic acid groups (broad SMARTS) is 2. The Morgan fingerprint density at radius 2 is 1.12 bits per heavy atom. The van der Waals surface area contributed by atoms with E-state index in [2.05, 4.69) is 79.8 Å². The number of carbonyl (C=O) groups excluding carboxylic acids is 14. The lowest BCUT2D eigenvalue weighted by Crippen LogP contribution is -2.62. The minimum atomic E-state index is -1.91. The lowest BCUT2D eigenvalue weighted by Gasteiger charge is -2.29. The highest BCUT2D eigenvalue weighted by atomic mass is 33.1. The van der Waals surface area contributed by atoms with E-state index in [4.69, 9.17) is 0 Å². The molecule has 0 saturated carbocycles. The number of hydrogen-bond acceptors (Lipinski definition) is 24. The van der Waals surface area contributed by atoms with Crippen molar-refractivity contribution in [3.63, 3.8) is 0 Å². The highest BCUT2D eigenvalue weighted by Crippen LogP contribution is 2.26. The van der Waals surface area contributed by atoms with E-state index in [1.165, 1.54) is 52.0 Å². The van der Waals surface area contributed by atoms with Crippen LogP contribution in [-0.4, -0.2) is 254 Å². The van der Waals surface area contributed by atoms with Crippen LogP contribution in [0.15, 0.2) is 24.3 Å². The molecule has 544 valence electrons. The summed E-state index contributed by atoms with van der Waals surface area (Å²) in [6.07, 6.45) is -3.87. The lowest BCUT2D eigenvalue weighted by molar-refractivity contribution is -0.141. The molecular weight excluding hydrogens is 1370 g/mol. The second-order valence-corrected chi connectivity index (χ2v) is 28.5. The van der Waals surface area contributed by atoms with Gasteiger partial charge in [-0.2, -0.15) is 0 Å². The van der Waals surface area contributed by atoms with Gasteiger partial charge in [-0.05, 0) is 84.0 Å². The second kappa shape index (κ2) is 40.6. The van der Waals surface area contributed by atoms with Gasteiger partial charge in [-0.1, -0.05) is 75.6 Å². The molecule has 4 aliphatic heterocycles. The predicted molar refractivity (Wildman–Crippen MR) is 356 cm³/mol. The molecule has 14 amide bonds. The molecule has 36 nitrogen and oxygen atoms in total. The van der Waals surface area contributed by atoms with E-state index in [0.717, 1.165) is 35.4 Å². The highest BCUT2D eigenvalue weighted by molar-refractivity contribution is 8.77. The van der Waals surface area contributed by atoms with Crippen molar-refractivity contribution in [2.75, 3.05) is 42.6 Å². The van der Waals surface area contributed by atoms with E-state index < -0.39 is 240 Å². The molecule has 4 heterocycles. The smallest absolute Gasteiger partial charge is 0.327 e. The van der Waals surface area contributed by atoms with Crippen LogP contribution in [0.1, 0.15) is 86.1 Å². The number of phenols is 1. The van der Waals surface area contributed by atoms with Crippen LogP contribution in [0, 0.1) is 5.92 Å². The molecule has 0 spiro atoms. The summed E-state index contributed by atoms with van der Waals surface area (Å²) >= 11 is 0. The van der Waals surface area contributed by atoms with Crippen LogP contribution in [0.5, 0.6) is 5.75 Å². The molecule has 2 unspecified atom stereocenters. The molecule has 98 heavy (non-hydrogen) atoms. The Balaban J connectivity index is 1.92. The first-order chi connectivity index (χ1) is 46.2. The number of rotatable bonds is 16. The number of phenolic OH excluding ortho intramolecular Hbond substituents is 1. The van der Waals surface area contributed by atoms with Crippen LogP contribution < -0.4 is 79.8 Å². The molecule has 0 aliphatic carbocycles. The van der Waals surface area contributed by atoms with E-state index in [1.54, 1.807) is 6.92 Å². The summed E-state index contributed by atoms with van der Waals surface area (Å²) in [6, 6.07) is -15.5. The zero-order chi connectivity index (χ0) is 73.1. The number of aliphatic hydroxyl groups is 2. The standard InChI is InChI=1S/C58H87N15O21S4/c1-8-25(2)43-56(91)69-36-21-97-98-24-39(58(93)94)65-40(77)19-61-55(90)44(29(6)74)73-54(89)38(68-48(83)27(4)62-46(81)26(3)63-51(86)35(18-31-11-13-32(76)14-12-31)67-47(82)28(5)64-52(36)87)23-96-95-22-37(53(88)66-34(50(85)72-43)15-16-42(79)80)70-57(92)45(30(7)75)71-41(78)20-60-49(84)33-10-9-17-59-33/h11-14,25-30,33-39,43-45,59,74-76H,8-10,15-24H2,1-7H3,(H,60,84)(H,61,90)(H,62,81)(H,63,86)(H,64,87)(H,65,77)(H,66,88)(H,67,82)(H,68,83)(H,69,91)(H,70,92)(H,71,78)(H,72,85)(H,73,89)(H,79,80)(H,93,94)/t25-,26-,27-,28-,29?,30+,33-,34-,35-,36-,37-,38-,39-,43?,44-,45-/m0/s1. The minimum Gasteiger partial charge on any atom is -0.508 e. The predicted octanol–water partition coefficient (Wildman–Crippen LogP) is -6.66. The first-order valence-electron chi connectivity index (χ1n) is 31.2. The van der Waals surface area contributed by atoms with Crippen molar-refractivity contribution in [3.8, 4) is 5.75 Å². The lowest BCUT2D eigenvalue weighted by atomic mass is 9.97. The number of aliphatic carboxylic acids is 2. The largest absolute Gasteiger partial charge is 0.508 e. The van der Waals surface area contributed by atoms with Crippen molar-refractivity contribution in [3.05, 3.63) is 29.8 Å². The van der Waals surface area contributed by atoms with Crippen molar-refractivity contribution in [2.24, 2.45) is 5.92 Å². The number of aliphatic hydroxyl groups excluding tert-OH is 2. The summed E-state index contributed by atoms with van der Waals surface area (Å²) < 4.78 is 0. The molecule has 0 aromatic heterocycles. The first-order valence-corrected chi connectivity index (χ1v) is 36.2. The molecule has 0 radical (unpaired) electrons. The van der Waals surface area contributed by atoms with E-state index in [0.29, 0.717) is 46.5 Å². The van der Waals surface area contributed by atoms with Gasteiger partial charge < -0.3 is 105 Å². The summed E-state index contributed by atoms with van der Waals surface area (Å²) in [4.78, 5) is 220. The topological polar surface area (TPSA) is 555 Å². The maximum absolute atomic E-state index is 14.7. The van der Waals surface area contributed by atoms with Crippen LogP contribution in [0.4, 0.5) is 0 Å². The van der Waals surface area contributed by atoms with Crippen LogP contribution in [0.3, 0.4) is 0 Å². The number of amides is 14. The van der Waals surface area contributed by atoms with E-state index in [-0.39, 0.29) is 18.6 Å². The van der Waals surface area contributed by atoms with Crippen molar-refractivity contribution in [1.29, 1.82) is 0 Å². The van der Waals surface area contributed by atoms with Crippen LogP contribution in [0.2, 0.25) is 0 Å². The van der Waals surface area contributed by atoms with Crippen molar-refractivity contribution in [2.45, 2.75) is 178 Å². The molecule has 20 N–H and O–H groups in total. The zero-order valence-corrected chi connectivity index (χ0v) is 57.9. The summed E-state index contributed by atoms with van der Waals surface area (Å²) in [5.74, 6) is -20.8. The molecular formula is C58H87N15O21S4. The van der Waals surface area contributed by atoms with E-state index in [1.807, 2.05) is 0 Å². The summed E-state index contributed by atoms with van der Waals surface area (Å²) in [7, 11) is 2.96. The van der Waals surface area contributed by atoms with Gasteiger partial charge in [0.15, 0.2) is 0 Å². The average Bonchev–Trinajstić information content (AvgIpc) is 0.958. The number of benzene rings is 1. The quantitative estimate of drug-likeness (QED) is 0.0540. The molecule has 2 bridgehead atoms. The van der Waals surface area contributed by atoms with Crippen LogP contribution in [0.25, 0.3) is 0 Å². The van der Waals surface area contributed by atoms with Gasteiger partial charge in [0.2, 0.25) is 82.7 Å². The summed E-state index contributed by atoms with van der Waals surface area (Å²) in [6.45, 7) is 7.91. The van der Waals surface area contributed by atoms with Gasteiger partial charge in [0.25, 0.3) is 0 Å². The molecule has 4 aliphatic rings. The Morgan fingerprint density at radius 3 is 1.69 bits per heavy atom. The van der Waals surface area contributed by atoms with Gasteiger partial charge in [-0.25, -0.2) is 4.79 Å². The molecule has 5 rings (SSSR count). The Labute approximate surface area is 578 Å². The van der Waals surface area contributed by atoms with Crippen molar-refractivity contribution in [1.82, 2.24) is 79.8 Å². The number of hydrogen-bond donors (Lipinski definition) is 20. The van der Waals surface area contributed by atoms with Crippen molar-refractivity contribution < 1.29 is 102 Å². The van der Waals surface area contributed by atoms with E-state index in [9.17, 15) is 102 Å². The number of carboxylic acids is 2. The van der Waals surface area contributed by atoms with Gasteiger partial charge in [-0.15, -0.1) is 0 Å². The highest BCUT2D eigenvalue weighted by Gasteiger charge is 2.39. The average molecular weight is 1460 g/mol. The Kier molecular flexibility index (Phi) is 34.1. The normalized spacial score (nSPS) is 27.6. The zero-order valence-electron chi connectivity index (χ0n) is 54.6. The third-order valence-electron chi connectivity index (χ3n) is 15.3. The number of fused-ring (bicyclic) bond motifs is 37. The minimum absolute atomic E-state index is 0.137. The maximum Gasteiger partial charge on any atom is 0.327 e. The molecule has 1 aromatic carbocycles. The van der Waals surface area contributed by atoms with Crippen LogP contribution >= 0.6 is 43.2 Å². The Hall–Kier alpha value is -8.18. The molecule has 16 atom stereocenters. The van der Waals surface area contributed by atoms with Gasteiger partial charge in [0.1, 0.15) is 78.3 Å². The van der Waals surface area contributed by atoms with Gasteiger partial charge in [0, 0.05) is 35.9 Å². The summed E-state index contributed by atoms with van der Waals surface area (Å²) in [5.41, 5.74) is 0.383. The molecule has 1 aromatic rings. The molecule has 4 saturated heterocycles. The monoisotopic (exact) mass is 1460 g/mol. The number of carbonyl (C=O) groups is 16. The van der Waals surface area contributed by atoms with Gasteiger partial charge >= 0.3 is 11.9 Å². The number of aromatic hydroxyl groups is 1.